The third-order valence-electron chi connectivity index (χ3n) is 2.63. The number of fused-ring (bicyclic) bond motifs is 1. The Labute approximate surface area is 95.6 Å². The summed E-state index contributed by atoms with van der Waals surface area (Å²) in [6.45, 7) is 5.92. The monoisotopic (exact) mass is 225 g/mol. The molecule has 1 heterocycles. The number of nitrogens with one attached hydrogen (secondary N) is 1. The van der Waals surface area contributed by atoms with Crippen LogP contribution in [0.4, 0.5) is 0 Å². The summed E-state index contributed by atoms with van der Waals surface area (Å²) in [7, 11) is 0. The van der Waals surface area contributed by atoms with Gasteiger partial charge in [-0.05, 0) is 31.5 Å². The van der Waals surface area contributed by atoms with E-state index in [1.54, 1.807) is 0 Å². The maximum atomic E-state index is 6.12. The molecule has 2 rings (SSSR count). The van der Waals surface area contributed by atoms with Gasteiger partial charge in [0, 0.05) is 5.56 Å². The summed E-state index contributed by atoms with van der Waals surface area (Å²) in [4.78, 5) is 0. The molecule has 0 aromatic heterocycles. The molecule has 0 fully saturated rings. The highest BCUT2D eigenvalue weighted by atomic mass is 35.5. The topological polar surface area (TPSA) is 21.3 Å². The average Bonchev–Trinajstić information content (AvgIpc) is 2.58. The van der Waals surface area contributed by atoms with Crippen molar-refractivity contribution in [3.8, 4) is 5.75 Å². The zero-order valence-corrected chi connectivity index (χ0v) is 9.90. The Kier molecular flexibility index (Phi) is 3.17. The molecule has 1 N–H and O–H groups in total. The standard InChI is InChI=1S/C12H16ClNO/c1-3-4-14-11-7-15-12-9(11)5-8(2)6-10(12)13/h5-6,11,14H,3-4,7H2,1-2H3. The van der Waals surface area contributed by atoms with Gasteiger partial charge in [0.15, 0.2) is 0 Å². The van der Waals surface area contributed by atoms with Crippen molar-refractivity contribution >= 4 is 11.6 Å². The minimum absolute atomic E-state index is 0.303. The van der Waals surface area contributed by atoms with Crippen LogP contribution >= 0.6 is 11.6 Å². The zero-order chi connectivity index (χ0) is 10.8. The molecule has 0 bridgehead atoms. The van der Waals surface area contributed by atoms with Crippen LogP contribution in [0.3, 0.4) is 0 Å². The summed E-state index contributed by atoms with van der Waals surface area (Å²) < 4.78 is 5.60. The second kappa shape index (κ2) is 4.42. The molecule has 0 spiro atoms. The molecule has 1 aliphatic heterocycles. The van der Waals surface area contributed by atoms with Gasteiger partial charge in [-0.15, -0.1) is 0 Å². The van der Waals surface area contributed by atoms with Crippen LogP contribution in [0.15, 0.2) is 12.1 Å². The van der Waals surface area contributed by atoms with E-state index in [0.29, 0.717) is 12.6 Å². The Morgan fingerprint density at radius 1 is 1.53 bits per heavy atom. The van der Waals surface area contributed by atoms with Crippen LogP contribution in [-0.2, 0) is 0 Å². The molecule has 0 aliphatic carbocycles. The van der Waals surface area contributed by atoms with Crippen LogP contribution in [0.25, 0.3) is 0 Å². The molecule has 0 saturated heterocycles. The van der Waals surface area contributed by atoms with Gasteiger partial charge in [0.2, 0.25) is 0 Å². The minimum atomic E-state index is 0.303. The van der Waals surface area contributed by atoms with Crippen molar-refractivity contribution in [2.24, 2.45) is 0 Å². The predicted molar refractivity (Wildman–Crippen MR) is 62.7 cm³/mol. The van der Waals surface area contributed by atoms with Gasteiger partial charge in [-0.3, -0.25) is 0 Å². The van der Waals surface area contributed by atoms with Gasteiger partial charge in [-0.1, -0.05) is 24.6 Å². The maximum absolute atomic E-state index is 6.12. The van der Waals surface area contributed by atoms with Gasteiger partial charge in [0.05, 0.1) is 11.1 Å². The van der Waals surface area contributed by atoms with E-state index in [9.17, 15) is 0 Å². The van der Waals surface area contributed by atoms with E-state index in [1.807, 2.05) is 6.07 Å². The summed E-state index contributed by atoms with van der Waals surface area (Å²) in [5, 5.41) is 4.19. The summed E-state index contributed by atoms with van der Waals surface area (Å²) in [6, 6.07) is 4.40. The fourth-order valence-electron chi connectivity index (χ4n) is 1.91. The van der Waals surface area contributed by atoms with Crippen molar-refractivity contribution in [1.82, 2.24) is 5.32 Å². The average molecular weight is 226 g/mol. The Morgan fingerprint density at radius 3 is 3.07 bits per heavy atom. The number of rotatable bonds is 3. The van der Waals surface area contributed by atoms with Crippen LogP contribution in [0.1, 0.15) is 30.5 Å². The minimum Gasteiger partial charge on any atom is -0.490 e. The lowest BCUT2D eigenvalue weighted by atomic mass is 10.1. The highest BCUT2D eigenvalue weighted by Crippen LogP contribution is 2.39. The van der Waals surface area contributed by atoms with Gasteiger partial charge in [0.25, 0.3) is 0 Å². The quantitative estimate of drug-likeness (QED) is 0.854. The normalized spacial score (nSPS) is 18.7. The van der Waals surface area contributed by atoms with Crippen LogP contribution in [-0.4, -0.2) is 13.2 Å². The van der Waals surface area contributed by atoms with Crippen LogP contribution in [0.5, 0.6) is 5.75 Å². The summed E-state index contributed by atoms with van der Waals surface area (Å²) in [5.41, 5.74) is 2.39. The lowest BCUT2D eigenvalue weighted by Gasteiger charge is -2.10. The Bertz CT molecular complexity index is 365. The second-order valence-electron chi connectivity index (χ2n) is 3.98. The van der Waals surface area contributed by atoms with Gasteiger partial charge in [-0.25, -0.2) is 0 Å². The van der Waals surface area contributed by atoms with E-state index >= 15 is 0 Å². The van der Waals surface area contributed by atoms with E-state index in [4.69, 9.17) is 16.3 Å². The first-order valence-electron chi connectivity index (χ1n) is 5.38. The number of hydrogen-bond acceptors (Lipinski definition) is 2. The Balaban J connectivity index is 2.25. The van der Waals surface area contributed by atoms with E-state index in [0.717, 1.165) is 23.7 Å². The fraction of sp³-hybridized carbons (Fsp3) is 0.500. The fourth-order valence-corrected chi connectivity index (χ4v) is 2.25. The van der Waals surface area contributed by atoms with E-state index in [2.05, 4.69) is 25.2 Å². The highest BCUT2D eigenvalue weighted by Gasteiger charge is 2.25. The zero-order valence-electron chi connectivity index (χ0n) is 9.14. The van der Waals surface area contributed by atoms with Crippen LogP contribution in [0.2, 0.25) is 5.02 Å². The molecule has 1 aromatic rings. The van der Waals surface area contributed by atoms with E-state index in [1.165, 1.54) is 11.1 Å². The van der Waals surface area contributed by atoms with E-state index in [-0.39, 0.29) is 0 Å². The van der Waals surface area contributed by atoms with Gasteiger partial charge < -0.3 is 10.1 Å². The molecule has 1 aromatic carbocycles. The Hall–Kier alpha value is -0.730. The summed E-state index contributed by atoms with van der Waals surface area (Å²) in [6.07, 6.45) is 1.13. The molecule has 82 valence electrons. The molecule has 1 atom stereocenters. The lowest BCUT2D eigenvalue weighted by Crippen LogP contribution is -2.23. The first kappa shape index (κ1) is 10.8. The SMILES string of the molecule is CCCNC1COc2c(Cl)cc(C)cc21. The van der Waals surface area contributed by atoms with Gasteiger partial charge in [0.1, 0.15) is 12.4 Å². The highest BCUT2D eigenvalue weighted by molar-refractivity contribution is 6.32. The van der Waals surface area contributed by atoms with Crippen molar-refractivity contribution in [3.63, 3.8) is 0 Å². The van der Waals surface area contributed by atoms with Crippen molar-refractivity contribution in [2.75, 3.05) is 13.2 Å². The van der Waals surface area contributed by atoms with Crippen LogP contribution in [0, 0.1) is 6.92 Å². The molecule has 2 nitrogen and oxygen atoms in total. The third kappa shape index (κ3) is 2.11. The number of aryl methyl sites for hydroxylation is 1. The first-order chi connectivity index (χ1) is 7.22. The number of halogens is 1. The number of benzene rings is 1. The summed E-state index contributed by atoms with van der Waals surface area (Å²) in [5.74, 6) is 0.857. The molecular weight excluding hydrogens is 210 g/mol. The second-order valence-corrected chi connectivity index (χ2v) is 4.39. The number of ether oxygens (including phenoxy) is 1. The molecule has 1 unspecified atom stereocenters. The molecule has 0 amide bonds. The smallest absolute Gasteiger partial charge is 0.142 e. The van der Waals surface area contributed by atoms with Gasteiger partial charge >= 0.3 is 0 Å². The largest absolute Gasteiger partial charge is 0.490 e. The lowest BCUT2D eigenvalue weighted by molar-refractivity contribution is 0.311. The molecule has 1 aliphatic rings. The van der Waals surface area contributed by atoms with Crippen molar-refractivity contribution < 1.29 is 4.74 Å². The Morgan fingerprint density at radius 2 is 2.33 bits per heavy atom. The van der Waals surface area contributed by atoms with Gasteiger partial charge in [-0.2, -0.15) is 0 Å². The molecular formula is C12H16ClNO. The predicted octanol–water partition coefficient (Wildman–Crippen LogP) is 3.08. The summed E-state index contributed by atoms with van der Waals surface area (Å²) >= 11 is 6.12. The molecule has 15 heavy (non-hydrogen) atoms. The van der Waals surface area contributed by atoms with Crippen molar-refractivity contribution in [2.45, 2.75) is 26.3 Å². The van der Waals surface area contributed by atoms with Crippen LogP contribution < -0.4 is 10.1 Å². The molecule has 0 saturated carbocycles. The van der Waals surface area contributed by atoms with E-state index < -0.39 is 0 Å². The number of hydrogen-bond donors (Lipinski definition) is 1. The molecule has 3 heteroatoms. The maximum Gasteiger partial charge on any atom is 0.142 e. The van der Waals surface area contributed by atoms with Crippen molar-refractivity contribution in [1.29, 1.82) is 0 Å². The van der Waals surface area contributed by atoms with Crippen molar-refractivity contribution in [3.05, 3.63) is 28.3 Å². The molecule has 0 radical (unpaired) electrons. The third-order valence-corrected chi connectivity index (χ3v) is 2.91. The first-order valence-corrected chi connectivity index (χ1v) is 5.76.